The molecule has 1 aliphatic rings. The lowest BCUT2D eigenvalue weighted by Crippen LogP contribution is -2.29. The van der Waals surface area contributed by atoms with Gasteiger partial charge in [-0.15, -0.1) is 0 Å². The highest BCUT2D eigenvalue weighted by Gasteiger charge is 2.46. The molecule has 4 aromatic rings. The number of pyridine rings is 1. The van der Waals surface area contributed by atoms with Crippen molar-refractivity contribution in [2.45, 2.75) is 32.4 Å². The van der Waals surface area contributed by atoms with Crippen LogP contribution in [0.5, 0.6) is 17.2 Å². The maximum Gasteiger partial charge on any atom is 0.295 e. The molecule has 1 fully saturated rings. The molecule has 1 atom stereocenters. The Morgan fingerprint density at radius 1 is 0.875 bits per heavy atom. The zero-order valence-corrected chi connectivity index (χ0v) is 22.2. The molecule has 0 aliphatic carbocycles. The predicted octanol–water partition coefficient (Wildman–Crippen LogP) is 6.67. The number of aliphatic hydroxyl groups is 1. The zero-order chi connectivity index (χ0) is 27.9. The summed E-state index contributed by atoms with van der Waals surface area (Å²) >= 11 is 0. The number of benzene rings is 3. The van der Waals surface area contributed by atoms with Crippen molar-refractivity contribution in [1.29, 1.82) is 0 Å². The van der Waals surface area contributed by atoms with Crippen LogP contribution in [0.1, 0.15) is 42.5 Å². The second-order valence-corrected chi connectivity index (χ2v) is 9.50. The Kier molecular flexibility index (Phi) is 8.21. The molecular weight excluding hydrogens is 504 g/mol. The van der Waals surface area contributed by atoms with E-state index in [0.29, 0.717) is 35.0 Å². The van der Waals surface area contributed by atoms with Gasteiger partial charge in [-0.05, 0) is 78.2 Å². The molecule has 40 heavy (non-hydrogen) atoms. The Hall–Kier alpha value is -4.91. The number of Topliss-reactive ketones (excluding diaryl/α,β-unsaturated/α-hetero) is 1. The molecule has 2 heterocycles. The molecule has 0 spiro atoms. The van der Waals surface area contributed by atoms with E-state index in [-0.39, 0.29) is 17.9 Å². The molecule has 202 valence electrons. The average molecular weight is 535 g/mol. The van der Waals surface area contributed by atoms with Crippen LogP contribution in [-0.4, -0.2) is 33.3 Å². The third-order valence-corrected chi connectivity index (χ3v) is 6.69. The van der Waals surface area contributed by atoms with Crippen molar-refractivity contribution in [2.75, 3.05) is 6.61 Å². The predicted molar refractivity (Wildman–Crippen MR) is 152 cm³/mol. The molecule has 7 heteroatoms. The summed E-state index contributed by atoms with van der Waals surface area (Å²) in [7, 11) is 0. The van der Waals surface area contributed by atoms with Gasteiger partial charge in [0, 0.05) is 24.5 Å². The van der Waals surface area contributed by atoms with Crippen molar-refractivity contribution < 1.29 is 24.2 Å². The van der Waals surface area contributed by atoms with E-state index in [0.717, 1.165) is 18.4 Å². The fourth-order valence-electron chi connectivity index (χ4n) is 4.65. The van der Waals surface area contributed by atoms with Gasteiger partial charge >= 0.3 is 0 Å². The minimum absolute atomic E-state index is 0.0237. The Labute approximate surface area is 233 Å². The van der Waals surface area contributed by atoms with Crippen molar-refractivity contribution in [3.8, 4) is 17.2 Å². The summed E-state index contributed by atoms with van der Waals surface area (Å²) in [6.45, 7) is 2.86. The number of para-hydroxylation sites is 1. The van der Waals surface area contributed by atoms with E-state index in [1.54, 1.807) is 54.9 Å². The standard InChI is InChI=1S/C33H30N2O5/c1-2-3-20-39-26-14-12-24(13-15-26)31(36)29-30(35(33(38)32(29)37)22-23-16-18-34-19-17-23)25-8-7-11-28(21-25)40-27-9-5-4-6-10-27/h4-19,21,30,36H,2-3,20,22H2,1H3/t30-/m1/s1. The number of likely N-dealkylation sites (tertiary alicyclic amines) is 1. The molecule has 3 aromatic carbocycles. The van der Waals surface area contributed by atoms with Crippen LogP contribution in [0.2, 0.25) is 0 Å². The van der Waals surface area contributed by atoms with Gasteiger partial charge in [-0.1, -0.05) is 43.7 Å². The summed E-state index contributed by atoms with van der Waals surface area (Å²) in [5, 5.41) is 11.4. The first-order valence-corrected chi connectivity index (χ1v) is 13.3. The van der Waals surface area contributed by atoms with Gasteiger partial charge in [0.15, 0.2) is 0 Å². The van der Waals surface area contributed by atoms with Gasteiger partial charge < -0.3 is 19.5 Å². The van der Waals surface area contributed by atoms with Gasteiger partial charge in [0.2, 0.25) is 0 Å². The molecule has 1 saturated heterocycles. The van der Waals surface area contributed by atoms with Crippen LogP contribution in [0, 0.1) is 0 Å². The second kappa shape index (κ2) is 12.3. The Bertz CT molecular complexity index is 1500. The lowest BCUT2D eigenvalue weighted by Gasteiger charge is -2.25. The number of carbonyl (C=O) groups is 2. The number of ketones is 1. The number of nitrogens with zero attached hydrogens (tertiary/aromatic N) is 2. The number of hydrogen-bond acceptors (Lipinski definition) is 6. The van der Waals surface area contributed by atoms with Crippen LogP contribution in [-0.2, 0) is 16.1 Å². The van der Waals surface area contributed by atoms with Gasteiger partial charge in [0.25, 0.3) is 11.7 Å². The molecule has 1 N–H and O–H groups in total. The highest BCUT2D eigenvalue weighted by molar-refractivity contribution is 6.46. The van der Waals surface area contributed by atoms with Gasteiger partial charge in [-0.2, -0.15) is 0 Å². The van der Waals surface area contributed by atoms with Crippen molar-refractivity contribution in [3.63, 3.8) is 0 Å². The number of ether oxygens (including phenoxy) is 2. The molecule has 1 aromatic heterocycles. The lowest BCUT2D eigenvalue weighted by molar-refractivity contribution is -0.140. The molecule has 0 unspecified atom stereocenters. The summed E-state index contributed by atoms with van der Waals surface area (Å²) in [6, 6.07) is 26.2. The van der Waals surface area contributed by atoms with E-state index in [9.17, 15) is 14.7 Å². The second-order valence-electron chi connectivity index (χ2n) is 9.50. The minimum Gasteiger partial charge on any atom is -0.507 e. The van der Waals surface area contributed by atoms with Crippen LogP contribution in [0.15, 0.2) is 109 Å². The van der Waals surface area contributed by atoms with Crippen molar-refractivity contribution in [3.05, 3.63) is 126 Å². The number of aromatic nitrogens is 1. The van der Waals surface area contributed by atoms with E-state index in [2.05, 4.69) is 11.9 Å². The van der Waals surface area contributed by atoms with E-state index < -0.39 is 17.7 Å². The lowest BCUT2D eigenvalue weighted by atomic mass is 9.95. The number of carbonyl (C=O) groups excluding carboxylic acids is 2. The first-order valence-electron chi connectivity index (χ1n) is 13.3. The normalized spacial score (nSPS) is 16.2. The van der Waals surface area contributed by atoms with Crippen LogP contribution in [0.25, 0.3) is 5.76 Å². The number of hydrogen-bond donors (Lipinski definition) is 1. The first-order chi connectivity index (χ1) is 19.5. The summed E-state index contributed by atoms with van der Waals surface area (Å²) in [4.78, 5) is 32.4. The van der Waals surface area contributed by atoms with Crippen LogP contribution < -0.4 is 9.47 Å². The highest BCUT2D eigenvalue weighted by Crippen LogP contribution is 2.41. The first kappa shape index (κ1) is 26.7. The fourth-order valence-corrected chi connectivity index (χ4v) is 4.65. The average Bonchev–Trinajstić information content (AvgIpc) is 3.23. The quantitative estimate of drug-likeness (QED) is 0.106. The molecule has 1 aliphatic heterocycles. The topological polar surface area (TPSA) is 89.0 Å². The third-order valence-electron chi connectivity index (χ3n) is 6.69. The summed E-state index contributed by atoms with van der Waals surface area (Å²) < 4.78 is 11.8. The van der Waals surface area contributed by atoms with E-state index >= 15 is 0 Å². The molecule has 1 amide bonds. The number of rotatable bonds is 10. The largest absolute Gasteiger partial charge is 0.507 e. The fraction of sp³-hybridized carbons (Fsp3) is 0.182. The smallest absolute Gasteiger partial charge is 0.295 e. The SMILES string of the molecule is CCCCOc1ccc(C(O)=C2C(=O)C(=O)N(Cc3ccncc3)[C@@H]2c2cccc(Oc3ccccc3)c2)cc1. The molecule has 0 saturated carbocycles. The van der Waals surface area contributed by atoms with Crippen LogP contribution in [0.4, 0.5) is 0 Å². The van der Waals surface area contributed by atoms with Gasteiger partial charge in [0.05, 0.1) is 18.2 Å². The summed E-state index contributed by atoms with van der Waals surface area (Å²) in [5.41, 5.74) is 1.90. The molecule has 7 nitrogen and oxygen atoms in total. The summed E-state index contributed by atoms with van der Waals surface area (Å²) in [5.74, 6) is 0.213. The van der Waals surface area contributed by atoms with Crippen LogP contribution in [0.3, 0.4) is 0 Å². The summed E-state index contributed by atoms with van der Waals surface area (Å²) in [6.07, 6.45) is 5.24. The number of unbranched alkanes of at least 4 members (excludes halogenated alkanes) is 1. The monoisotopic (exact) mass is 534 g/mol. The van der Waals surface area contributed by atoms with E-state index in [1.807, 2.05) is 48.5 Å². The maximum absolute atomic E-state index is 13.4. The van der Waals surface area contributed by atoms with Crippen LogP contribution >= 0.6 is 0 Å². The molecule has 0 bridgehead atoms. The van der Waals surface area contributed by atoms with Gasteiger partial charge in [-0.25, -0.2) is 0 Å². The maximum atomic E-state index is 13.4. The van der Waals surface area contributed by atoms with E-state index in [4.69, 9.17) is 9.47 Å². The van der Waals surface area contributed by atoms with Crippen molar-refractivity contribution >= 4 is 17.4 Å². The van der Waals surface area contributed by atoms with Crippen molar-refractivity contribution in [2.24, 2.45) is 0 Å². The minimum atomic E-state index is -0.826. The number of amides is 1. The van der Waals surface area contributed by atoms with E-state index in [1.165, 1.54) is 4.90 Å². The molecule has 5 rings (SSSR count). The third kappa shape index (κ3) is 5.89. The molecular formula is C33H30N2O5. The highest BCUT2D eigenvalue weighted by atomic mass is 16.5. The Morgan fingerprint density at radius 3 is 2.33 bits per heavy atom. The zero-order valence-electron chi connectivity index (χ0n) is 22.2. The molecule has 0 radical (unpaired) electrons. The van der Waals surface area contributed by atoms with Crippen molar-refractivity contribution in [1.82, 2.24) is 9.88 Å². The number of aliphatic hydroxyl groups excluding tert-OH is 1. The van der Waals surface area contributed by atoms with Gasteiger partial charge in [-0.3, -0.25) is 14.6 Å². The Balaban J connectivity index is 1.54. The van der Waals surface area contributed by atoms with Gasteiger partial charge in [0.1, 0.15) is 23.0 Å². The Morgan fingerprint density at radius 2 is 1.60 bits per heavy atom.